The summed E-state index contributed by atoms with van der Waals surface area (Å²) < 4.78 is 5.71. The monoisotopic (exact) mass is 453 g/mol. The molecule has 2 aliphatic heterocycles. The molecule has 0 bridgehead atoms. The normalized spacial score (nSPS) is 15.9. The van der Waals surface area contributed by atoms with Gasteiger partial charge < -0.3 is 15.0 Å². The van der Waals surface area contributed by atoms with Crippen LogP contribution in [0.25, 0.3) is 5.57 Å². The second-order valence-electron chi connectivity index (χ2n) is 8.33. The van der Waals surface area contributed by atoms with Crippen LogP contribution in [0.1, 0.15) is 25.3 Å². The van der Waals surface area contributed by atoms with Gasteiger partial charge in [0, 0.05) is 24.5 Å². The molecule has 6 heteroatoms. The summed E-state index contributed by atoms with van der Waals surface area (Å²) in [6.45, 7) is 4.44. The molecular weight excluding hydrogens is 426 g/mol. The molecule has 0 radical (unpaired) electrons. The number of nitrogens with zero attached hydrogens (tertiary/aromatic N) is 2. The van der Waals surface area contributed by atoms with Gasteiger partial charge in [-0.3, -0.25) is 9.59 Å². The van der Waals surface area contributed by atoms with Crippen LogP contribution in [0.15, 0.2) is 84.6 Å². The van der Waals surface area contributed by atoms with Crippen molar-refractivity contribution < 1.29 is 14.3 Å². The van der Waals surface area contributed by atoms with Crippen molar-refractivity contribution in [3.05, 3.63) is 90.1 Å². The van der Waals surface area contributed by atoms with Crippen molar-refractivity contribution in [1.29, 1.82) is 0 Å². The van der Waals surface area contributed by atoms with Gasteiger partial charge in [-0.15, -0.1) is 0 Å². The van der Waals surface area contributed by atoms with E-state index in [-0.39, 0.29) is 11.6 Å². The maximum Gasteiger partial charge on any atom is 0.282 e. The minimum atomic E-state index is -0.403. The molecule has 6 nitrogen and oxygen atoms in total. The lowest BCUT2D eigenvalue weighted by molar-refractivity contribution is -0.120. The number of ether oxygens (including phenoxy) is 1. The van der Waals surface area contributed by atoms with Crippen molar-refractivity contribution in [2.75, 3.05) is 34.8 Å². The Labute approximate surface area is 199 Å². The second kappa shape index (κ2) is 9.43. The summed E-state index contributed by atoms with van der Waals surface area (Å²) in [7, 11) is 0. The van der Waals surface area contributed by atoms with Crippen molar-refractivity contribution in [2.45, 2.75) is 19.8 Å². The zero-order valence-electron chi connectivity index (χ0n) is 19.2. The standard InChI is InChI=1S/C28H27N3O3/c1-2-34-24-13-7-6-12-23(24)31-27(32)25(20-10-4-3-5-11-20)26(28(31)33)29-21-14-16-22(17-15-21)30-18-8-9-19-30/h3-7,10-17,29H,2,8-9,18-19H2,1H3. The van der Waals surface area contributed by atoms with E-state index < -0.39 is 5.91 Å². The summed E-state index contributed by atoms with van der Waals surface area (Å²) >= 11 is 0. The van der Waals surface area contributed by atoms with Gasteiger partial charge in [0.05, 0.1) is 17.9 Å². The molecule has 3 aromatic carbocycles. The van der Waals surface area contributed by atoms with E-state index in [0.29, 0.717) is 29.2 Å². The molecule has 0 aromatic heterocycles. The smallest absolute Gasteiger partial charge is 0.282 e. The van der Waals surface area contributed by atoms with Crippen LogP contribution in [0.4, 0.5) is 17.1 Å². The molecule has 0 saturated carbocycles. The molecule has 2 heterocycles. The van der Waals surface area contributed by atoms with E-state index >= 15 is 0 Å². The number of para-hydroxylation sites is 2. The molecule has 0 aliphatic carbocycles. The summed E-state index contributed by atoms with van der Waals surface area (Å²) in [5.41, 5.74) is 3.66. The lowest BCUT2D eigenvalue weighted by Crippen LogP contribution is -2.32. The molecular formula is C28H27N3O3. The van der Waals surface area contributed by atoms with Gasteiger partial charge in [0.1, 0.15) is 11.4 Å². The molecule has 3 aromatic rings. The molecule has 2 amide bonds. The van der Waals surface area contributed by atoms with Crippen molar-refractivity contribution in [3.8, 4) is 5.75 Å². The Bertz CT molecular complexity index is 1230. The molecule has 0 unspecified atom stereocenters. The Morgan fingerprint density at radius 2 is 1.50 bits per heavy atom. The number of amides is 2. The van der Waals surface area contributed by atoms with E-state index in [1.54, 1.807) is 18.2 Å². The fourth-order valence-corrected chi connectivity index (χ4v) is 4.53. The van der Waals surface area contributed by atoms with Crippen LogP contribution in [-0.4, -0.2) is 31.5 Å². The average Bonchev–Trinajstić information content (AvgIpc) is 3.48. The van der Waals surface area contributed by atoms with Crippen LogP contribution >= 0.6 is 0 Å². The molecule has 0 spiro atoms. The highest BCUT2D eigenvalue weighted by atomic mass is 16.5. The number of nitrogens with one attached hydrogen (secondary N) is 1. The molecule has 1 fully saturated rings. The maximum atomic E-state index is 13.7. The number of hydrogen-bond donors (Lipinski definition) is 1. The fraction of sp³-hybridized carbons (Fsp3) is 0.214. The number of rotatable bonds is 7. The predicted octanol–water partition coefficient (Wildman–Crippen LogP) is 5.08. The van der Waals surface area contributed by atoms with Crippen molar-refractivity contribution in [2.24, 2.45) is 0 Å². The molecule has 1 N–H and O–H groups in total. The largest absolute Gasteiger partial charge is 0.492 e. The molecule has 2 aliphatic rings. The van der Waals surface area contributed by atoms with Crippen molar-refractivity contribution >= 4 is 34.4 Å². The Hall–Kier alpha value is -4.06. The SMILES string of the molecule is CCOc1ccccc1N1C(=O)C(Nc2ccc(N3CCCC3)cc2)=C(c2ccccc2)C1=O. The second-order valence-corrected chi connectivity index (χ2v) is 8.33. The fourth-order valence-electron chi connectivity index (χ4n) is 4.53. The summed E-state index contributed by atoms with van der Waals surface area (Å²) in [6, 6.07) is 24.4. The molecule has 34 heavy (non-hydrogen) atoms. The molecule has 5 rings (SSSR count). The lowest BCUT2D eigenvalue weighted by atomic mass is 10.0. The van der Waals surface area contributed by atoms with Crippen molar-refractivity contribution in [3.63, 3.8) is 0 Å². The number of carbonyl (C=O) groups excluding carboxylic acids is 2. The summed E-state index contributed by atoms with van der Waals surface area (Å²) in [4.78, 5) is 30.9. The summed E-state index contributed by atoms with van der Waals surface area (Å²) in [5.74, 6) is -0.283. The highest BCUT2D eigenvalue weighted by Crippen LogP contribution is 2.38. The van der Waals surface area contributed by atoms with Crippen LogP contribution in [0.5, 0.6) is 5.75 Å². The van der Waals surface area contributed by atoms with Gasteiger partial charge in [-0.2, -0.15) is 0 Å². The van der Waals surface area contributed by atoms with Crippen molar-refractivity contribution in [1.82, 2.24) is 0 Å². The van der Waals surface area contributed by atoms with Crippen LogP contribution in [0.2, 0.25) is 0 Å². The van der Waals surface area contributed by atoms with Crippen LogP contribution in [-0.2, 0) is 9.59 Å². The first kappa shape index (κ1) is 21.8. The minimum Gasteiger partial charge on any atom is -0.492 e. The number of imide groups is 1. The Morgan fingerprint density at radius 3 is 2.21 bits per heavy atom. The first-order valence-corrected chi connectivity index (χ1v) is 11.7. The third-order valence-electron chi connectivity index (χ3n) is 6.16. The zero-order chi connectivity index (χ0) is 23.5. The van der Waals surface area contributed by atoms with Crippen LogP contribution in [0.3, 0.4) is 0 Å². The van der Waals surface area contributed by atoms with Gasteiger partial charge in [-0.05, 0) is 61.7 Å². The third kappa shape index (κ3) is 4.03. The van der Waals surface area contributed by atoms with Gasteiger partial charge in [0.15, 0.2) is 0 Å². The van der Waals surface area contributed by atoms with E-state index in [9.17, 15) is 9.59 Å². The average molecular weight is 454 g/mol. The number of hydrogen-bond acceptors (Lipinski definition) is 5. The van der Waals surface area contributed by atoms with Gasteiger partial charge in [0.25, 0.3) is 11.8 Å². The van der Waals surface area contributed by atoms with E-state index in [0.717, 1.165) is 18.8 Å². The predicted molar refractivity (Wildman–Crippen MR) is 135 cm³/mol. The summed E-state index contributed by atoms with van der Waals surface area (Å²) in [5, 5.41) is 3.25. The van der Waals surface area contributed by atoms with E-state index in [4.69, 9.17) is 4.74 Å². The van der Waals surface area contributed by atoms with Gasteiger partial charge >= 0.3 is 0 Å². The lowest BCUT2D eigenvalue weighted by Gasteiger charge is -2.19. The number of anilines is 3. The van der Waals surface area contributed by atoms with Gasteiger partial charge in [0.2, 0.25) is 0 Å². The highest BCUT2D eigenvalue weighted by Gasteiger charge is 2.41. The van der Waals surface area contributed by atoms with E-state index in [1.165, 1.54) is 23.4 Å². The number of carbonyl (C=O) groups is 2. The topological polar surface area (TPSA) is 61.9 Å². The quantitative estimate of drug-likeness (QED) is 0.506. The first-order valence-electron chi connectivity index (χ1n) is 11.7. The highest BCUT2D eigenvalue weighted by molar-refractivity contribution is 6.46. The van der Waals surface area contributed by atoms with Crippen LogP contribution in [0, 0.1) is 0 Å². The molecule has 1 saturated heterocycles. The molecule has 0 atom stereocenters. The van der Waals surface area contributed by atoms with Crippen LogP contribution < -0.4 is 19.9 Å². The zero-order valence-corrected chi connectivity index (χ0v) is 19.2. The third-order valence-corrected chi connectivity index (χ3v) is 6.16. The van der Waals surface area contributed by atoms with E-state index in [2.05, 4.69) is 22.3 Å². The van der Waals surface area contributed by atoms with Gasteiger partial charge in [-0.25, -0.2) is 4.90 Å². The number of benzene rings is 3. The first-order chi connectivity index (χ1) is 16.7. The Balaban J connectivity index is 1.52. The minimum absolute atomic E-state index is 0.261. The van der Waals surface area contributed by atoms with E-state index in [1.807, 2.05) is 55.5 Å². The summed E-state index contributed by atoms with van der Waals surface area (Å²) in [6.07, 6.45) is 2.42. The molecule has 172 valence electrons. The Morgan fingerprint density at radius 1 is 0.824 bits per heavy atom. The maximum absolute atomic E-state index is 13.7. The Kier molecular flexibility index (Phi) is 6.04. The van der Waals surface area contributed by atoms with Gasteiger partial charge in [-0.1, -0.05) is 42.5 Å².